The van der Waals surface area contributed by atoms with Gasteiger partial charge in [-0.3, -0.25) is 14.5 Å². The molecule has 178 valence electrons. The normalized spacial score (nSPS) is 20.1. The minimum absolute atomic E-state index is 0.0258. The average Bonchev–Trinajstić information content (AvgIpc) is 3.08. The van der Waals surface area contributed by atoms with Crippen LogP contribution in [0.1, 0.15) is 5.69 Å². The van der Waals surface area contributed by atoms with Crippen molar-refractivity contribution >= 4 is 86.9 Å². The molecule has 4 rings (SSSR count). The first-order valence-electron chi connectivity index (χ1n) is 9.04. The van der Waals surface area contributed by atoms with Gasteiger partial charge in [0.2, 0.25) is 5.95 Å². The van der Waals surface area contributed by atoms with E-state index in [2.05, 4.69) is 25.4 Å². The molecule has 0 aromatic carbocycles. The Balaban J connectivity index is 1.55. The third-order valence-electron chi connectivity index (χ3n) is 4.53. The summed E-state index contributed by atoms with van der Waals surface area (Å²) in [6.07, 6.45) is 0. The molecule has 0 radical (unpaired) electrons. The number of anilines is 3. The van der Waals surface area contributed by atoms with Gasteiger partial charge < -0.3 is 32.8 Å². The fourth-order valence-corrected chi connectivity index (χ4v) is 6.60. The van der Waals surface area contributed by atoms with Crippen LogP contribution in [0.2, 0.25) is 4.34 Å². The average molecular weight is 544 g/mol. The first-order valence-corrected chi connectivity index (χ1v) is 12.1. The number of β-lactam (4-membered cyclic amide) rings is 1. The lowest BCUT2D eigenvalue weighted by Crippen LogP contribution is -2.71. The topological polar surface area (TPSA) is 236 Å². The summed E-state index contributed by atoms with van der Waals surface area (Å²) < 4.78 is 0.0258. The summed E-state index contributed by atoms with van der Waals surface area (Å²) in [4.78, 5) is 50.5. The maximum atomic E-state index is 12.8. The molecule has 34 heavy (non-hydrogen) atoms. The molecule has 2 aliphatic rings. The number of hydrogen-bond donors (Lipinski definition) is 6. The smallest absolute Gasteiger partial charge is 0.353 e. The Labute approximate surface area is 207 Å². The van der Waals surface area contributed by atoms with E-state index < -0.39 is 34.9 Å². The molecular formula is C16H14ClN9O5S3. The Hall–Kier alpha value is -3.28. The molecule has 2 amide bonds. The van der Waals surface area contributed by atoms with Crippen LogP contribution < -0.4 is 22.5 Å². The zero-order valence-corrected chi connectivity index (χ0v) is 19.8. The van der Waals surface area contributed by atoms with E-state index in [-0.39, 0.29) is 38.4 Å². The molecule has 0 aliphatic carbocycles. The van der Waals surface area contributed by atoms with E-state index in [0.717, 1.165) is 28.0 Å². The monoisotopic (exact) mass is 543 g/mol. The Kier molecular flexibility index (Phi) is 6.43. The Morgan fingerprint density at radius 3 is 2.62 bits per heavy atom. The van der Waals surface area contributed by atoms with Crippen molar-refractivity contribution in [1.82, 2.24) is 25.2 Å². The number of thioether (sulfide) groups is 2. The van der Waals surface area contributed by atoms with Gasteiger partial charge in [-0.1, -0.05) is 39.9 Å². The summed E-state index contributed by atoms with van der Waals surface area (Å²) in [6, 6.07) is 0.354. The van der Waals surface area contributed by atoms with E-state index >= 15 is 0 Å². The van der Waals surface area contributed by atoms with Crippen molar-refractivity contribution in [2.75, 3.05) is 23.0 Å². The highest BCUT2D eigenvalue weighted by Gasteiger charge is 2.54. The van der Waals surface area contributed by atoms with Crippen LogP contribution in [0.3, 0.4) is 0 Å². The summed E-state index contributed by atoms with van der Waals surface area (Å²) in [6.45, 7) is 0. The zero-order valence-electron chi connectivity index (χ0n) is 16.6. The fourth-order valence-electron chi connectivity index (χ4n) is 3.18. The van der Waals surface area contributed by atoms with E-state index in [1.165, 1.54) is 17.8 Å². The lowest BCUT2D eigenvalue weighted by molar-refractivity contribution is -0.150. The van der Waals surface area contributed by atoms with Crippen LogP contribution in [0.15, 0.2) is 26.9 Å². The quantitative estimate of drug-likeness (QED) is 0.0925. The summed E-state index contributed by atoms with van der Waals surface area (Å²) in [7, 11) is 0. The number of fused-ring (bicyclic) bond motifs is 1. The third-order valence-corrected chi connectivity index (χ3v) is 8.08. The number of nitrogens with one attached hydrogen (secondary N) is 1. The van der Waals surface area contributed by atoms with Gasteiger partial charge in [-0.2, -0.15) is 4.98 Å². The number of rotatable bonds is 6. The van der Waals surface area contributed by atoms with Crippen LogP contribution in [-0.2, 0) is 14.4 Å². The molecule has 2 aliphatic heterocycles. The minimum Gasteiger partial charge on any atom is -0.477 e. The molecular weight excluding hydrogens is 530 g/mol. The number of halogens is 1. The van der Waals surface area contributed by atoms with Gasteiger partial charge in [-0.15, -0.1) is 11.8 Å². The largest absolute Gasteiger partial charge is 0.477 e. The van der Waals surface area contributed by atoms with Crippen LogP contribution in [0, 0.1) is 0 Å². The second-order valence-corrected chi connectivity index (χ2v) is 10.5. The lowest BCUT2D eigenvalue weighted by Gasteiger charge is -2.49. The number of aromatic nitrogens is 3. The number of thiazole rings is 1. The maximum absolute atomic E-state index is 12.8. The van der Waals surface area contributed by atoms with Gasteiger partial charge in [0.1, 0.15) is 38.0 Å². The second-order valence-electron chi connectivity index (χ2n) is 6.65. The van der Waals surface area contributed by atoms with Crippen molar-refractivity contribution in [2.24, 2.45) is 5.16 Å². The number of oxime groups is 1. The Morgan fingerprint density at radius 2 is 2.03 bits per heavy atom. The van der Waals surface area contributed by atoms with Crippen LogP contribution >= 0.6 is 46.5 Å². The van der Waals surface area contributed by atoms with E-state index in [1.54, 1.807) is 0 Å². The summed E-state index contributed by atoms with van der Waals surface area (Å²) in [5.74, 6) is -2.69. The van der Waals surface area contributed by atoms with Crippen molar-refractivity contribution < 1.29 is 24.7 Å². The Morgan fingerprint density at radius 1 is 1.29 bits per heavy atom. The number of aliphatic carboxylic acids is 1. The van der Waals surface area contributed by atoms with Gasteiger partial charge in [0.05, 0.1) is 0 Å². The third kappa shape index (κ3) is 4.29. The molecule has 2 atom stereocenters. The molecule has 0 saturated carbocycles. The molecule has 1 fully saturated rings. The van der Waals surface area contributed by atoms with E-state index in [9.17, 15) is 24.7 Å². The molecule has 14 nitrogen and oxygen atoms in total. The van der Waals surface area contributed by atoms with Gasteiger partial charge in [-0.05, 0) is 0 Å². The van der Waals surface area contributed by atoms with E-state index in [0.29, 0.717) is 9.93 Å². The zero-order chi connectivity index (χ0) is 24.7. The number of nitrogen functional groups attached to an aromatic ring is 3. The number of carbonyl (C=O) groups excluding carboxylic acids is 2. The van der Waals surface area contributed by atoms with Crippen LogP contribution in [-0.4, -0.2) is 70.8 Å². The number of nitrogens with zero attached hydrogens (tertiary/aromatic N) is 5. The highest BCUT2D eigenvalue weighted by atomic mass is 35.5. The molecule has 1 unspecified atom stereocenters. The number of carbonyl (C=O) groups is 3. The van der Waals surface area contributed by atoms with Crippen molar-refractivity contribution in [3.05, 3.63) is 26.7 Å². The first kappa shape index (κ1) is 23.9. The maximum Gasteiger partial charge on any atom is 0.353 e. The van der Waals surface area contributed by atoms with Gasteiger partial charge in [0, 0.05) is 16.7 Å². The molecule has 4 heterocycles. The number of nitrogens with two attached hydrogens (primary N) is 3. The van der Waals surface area contributed by atoms with Gasteiger partial charge in [0.25, 0.3) is 11.8 Å². The fraction of sp³-hybridized carbons (Fsp3) is 0.188. The van der Waals surface area contributed by atoms with E-state index in [4.69, 9.17) is 28.8 Å². The minimum atomic E-state index is -1.33. The number of carboxylic acids is 1. The van der Waals surface area contributed by atoms with Crippen LogP contribution in [0.25, 0.3) is 0 Å². The van der Waals surface area contributed by atoms with Crippen molar-refractivity contribution in [1.29, 1.82) is 0 Å². The predicted molar refractivity (Wildman–Crippen MR) is 126 cm³/mol. The van der Waals surface area contributed by atoms with Gasteiger partial charge >= 0.3 is 5.97 Å². The van der Waals surface area contributed by atoms with Crippen molar-refractivity contribution in [3.8, 4) is 0 Å². The van der Waals surface area contributed by atoms with Crippen molar-refractivity contribution in [3.63, 3.8) is 0 Å². The standard InChI is InChI=1S/C16H14ClN9O5S3/c17-10-6(24-16(20)34-10)7(25-31)11(27)23-8-12(28)26-9(14(29)30)3(2-32-13(8)26)33-5-1-4(18)21-15(19)22-5/h1,8,13,31H,2H2,(H2,20,24)(H,23,27)(H,29,30)(H4,18,19,21,22)/b25-7+/t8?,13-/m1/s1. The second kappa shape index (κ2) is 9.16. The molecule has 0 bridgehead atoms. The van der Waals surface area contributed by atoms with Crippen molar-refractivity contribution in [2.45, 2.75) is 16.4 Å². The Bertz CT molecular complexity index is 1260. The number of amides is 2. The highest BCUT2D eigenvalue weighted by molar-refractivity contribution is 8.06. The lowest BCUT2D eigenvalue weighted by atomic mass is 10.0. The number of carboxylic acid groups (broad SMARTS) is 1. The molecule has 2 aromatic rings. The summed E-state index contributed by atoms with van der Waals surface area (Å²) in [5, 5.41) is 24.1. The van der Waals surface area contributed by atoms with Crippen LogP contribution in [0.5, 0.6) is 0 Å². The summed E-state index contributed by atoms with van der Waals surface area (Å²) >= 11 is 9.07. The first-order chi connectivity index (χ1) is 16.1. The van der Waals surface area contributed by atoms with Gasteiger partial charge in [0.15, 0.2) is 10.8 Å². The summed E-state index contributed by atoms with van der Waals surface area (Å²) in [5.41, 5.74) is 15.9. The van der Waals surface area contributed by atoms with Gasteiger partial charge in [-0.25, -0.2) is 14.8 Å². The number of hydrogen-bond acceptors (Lipinski definition) is 14. The highest BCUT2D eigenvalue weighted by Crippen LogP contribution is 2.45. The molecule has 0 spiro atoms. The SMILES string of the molecule is Nc1cc(SC2=C(C(=O)O)N3C(=O)C(NC(=O)/C(=N/O)c4nc(N)sc4Cl)[C@H]3SC2)nc(N)n1. The molecule has 18 heteroatoms. The molecule has 9 N–H and O–H groups in total. The predicted octanol–water partition coefficient (Wildman–Crippen LogP) is -0.000200. The molecule has 2 aromatic heterocycles. The van der Waals surface area contributed by atoms with E-state index in [1.807, 2.05) is 0 Å². The molecule has 1 saturated heterocycles. The van der Waals surface area contributed by atoms with Crippen LogP contribution in [0.4, 0.5) is 16.9 Å².